The van der Waals surface area contributed by atoms with Gasteiger partial charge in [-0.05, 0) is 51.3 Å². The van der Waals surface area contributed by atoms with Gasteiger partial charge in [-0.25, -0.2) is 0 Å². The highest BCUT2D eigenvalue weighted by atomic mass is 16.5. The lowest BCUT2D eigenvalue weighted by atomic mass is 10.00. The minimum absolute atomic E-state index is 0.0706. The van der Waals surface area contributed by atoms with E-state index in [-0.39, 0.29) is 23.6 Å². The molecule has 2 aliphatic heterocycles. The van der Waals surface area contributed by atoms with Gasteiger partial charge in [0.15, 0.2) is 0 Å². The van der Waals surface area contributed by atoms with Crippen LogP contribution in [-0.4, -0.2) is 53.0 Å². The number of likely N-dealkylation sites (tertiary alicyclic amines) is 1. The zero-order valence-electron chi connectivity index (χ0n) is 15.9. The predicted octanol–water partition coefficient (Wildman–Crippen LogP) is 2.17. The van der Waals surface area contributed by atoms with Gasteiger partial charge in [0.1, 0.15) is 11.4 Å². The largest absolute Gasteiger partial charge is 0.487 e. The molecule has 1 saturated heterocycles. The maximum absolute atomic E-state index is 12.8. The highest BCUT2D eigenvalue weighted by molar-refractivity contribution is 5.82. The van der Waals surface area contributed by atoms with Crippen LogP contribution in [0.15, 0.2) is 18.2 Å². The number of carbonyl (C=O) groups excluding carboxylic acids is 1. The molecule has 2 atom stereocenters. The molecule has 2 heterocycles. The Morgan fingerprint density at radius 2 is 2.08 bits per heavy atom. The van der Waals surface area contributed by atoms with Crippen molar-refractivity contribution < 1.29 is 9.53 Å². The quantitative estimate of drug-likeness (QED) is 0.888. The molecule has 0 radical (unpaired) electrons. The number of benzene rings is 1. The molecule has 2 aliphatic rings. The van der Waals surface area contributed by atoms with Crippen LogP contribution in [0.1, 0.15) is 45.2 Å². The summed E-state index contributed by atoms with van der Waals surface area (Å²) in [7, 11) is 0. The number of carbonyl (C=O) groups is 1. The first-order valence-corrected chi connectivity index (χ1v) is 9.42. The van der Waals surface area contributed by atoms with E-state index >= 15 is 0 Å². The van der Waals surface area contributed by atoms with Crippen LogP contribution in [-0.2, 0) is 17.8 Å². The first-order valence-electron chi connectivity index (χ1n) is 9.42. The zero-order valence-corrected chi connectivity index (χ0v) is 15.9. The van der Waals surface area contributed by atoms with E-state index in [2.05, 4.69) is 36.9 Å². The molecule has 2 N–H and O–H groups in total. The number of ether oxygens (including phenoxy) is 1. The number of hydrogen-bond donors (Lipinski definition) is 1. The predicted molar refractivity (Wildman–Crippen MR) is 99.6 cm³/mol. The molecule has 0 aliphatic carbocycles. The lowest BCUT2D eigenvalue weighted by Crippen LogP contribution is -2.45. The summed E-state index contributed by atoms with van der Waals surface area (Å²) in [6, 6.07) is 6.38. The minimum atomic E-state index is -0.127. The molecule has 0 saturated carbocycles. The molecule has 1 amide bonds. The fourth-order valence-electron chi connectivity index (χ4n) is 4.11. The average molecular weight is 345 g/mol. The molecule has 5 nitrogen and oxygen atoms in total. The molecule has 3 rings (SSSR count). The van der Waals surface area contributed by atoms with Gasteiger partial charge in [0.25, 0.3) is 0 Å². The summed E-state index contributed by atoms with van der Waals surface area (Å²) in [5, 5.41) is 0. The van der Waals surface area contributed by atoms with Gasteiger partial charge >= 0.3 is 0 Å². The van der Waals surface area contributed by atoms with E-state index in [0.717, 1.165) is 44.8 Å². The summed E-state index contributed by atoms with van der Waals surface area (Å²) in [4.78, 5) is 17.0. The summed E-state index contributed by atoms with van der Waals surface area (Å²) in [6.45, 7) is 11.3. The van der Waals surface area contributed by atoms with Crippen molar-refractivity contribution in [2.24, 2.45) is 5.73 Å². The first kappa shape index (κ1) is 18.2. The Morgan fingerprint density at radius 3 is 2.76 bits per heavy atom. The molecule has 0 unspecified atom stereocenters. The van der Waals surface area contributed by atoms with Gasteiger partial charge in [0.05, 0.1) is 6.04 Å². The number of rotatable bonds is 5. The van der Waals surface area contributed by atoms with Crippen LogP contribution in [0.4, 0.5) is 0 Å². The minimum Gasteiger partial charge on any atom is -0.487 e. The fraction of sp³-hybridized carbons (Fsp3) is 0.650. The summed E-state index contributed by atoms with van der Waals surface area (Å²) >= 11 is 0. The Hall–Kier alpha value is -1.59. The summed E-state index contributed by atoms with van der Waals surface area (Å²) in [6.07, 6.45) is 1.67. The van der Waals surface area contributed by atoms with Crippen LogP contribution in [0.25, 0.3) is 0 Å². The molecule has 0 spiro atoms. The van der Waals surface area contributed by atoms with Gasteiger partial charge in [-0.15, -0.1) is 0 Å². The molecule has 5 heteroatoms. The van der Waals surface area contributed by atoms with Crippen molar-refractivity contribution >= 4 is 5.91 Å². The highest BCUT2D eigenvalue weighted by Crippen LogP contribution is 2.35. The van der Waals surface area contributed by atoms with E-state index in [9.17, 15) is 4.79 Å². The molecule has 0 aromatic heterocycles. The molecule has 1 fully saturated rings. The third-order valence-corrected chi connectivity index (χ3v) is 5.31. The molecule has 0 bridgehead atoms. The Balaban J connectivity index is 1.74. The monoisotopic (exact) mass is 345 g/mol. The van der Waals surface area contributed by atoms with E-state index < -0.39 is 0 Å². The molecular weight excluding hydrogens is 314 g/mol. The molecule has 138 valence electrons. The van der Waals surface area contributed by atoms with Crippen LogP contribution in [0.2, 0.25) is 0 Å². The second kappa shape index (κ2) is 6.96. The van der Waals surface area contributed by atoms with Crippen molar-refractivity contribution in [3.63, 3.8) is 0 Å². The van der Waals surface area contributed by atoms with Crippen LogP contribution >= 0.6 is 0 Å². The van der Waals surface area contributed by atoms with E-state index in [1.165, 1.54) is 11.1 Å². The van der Waals surface area contributed by atoms with Crippen molar-refractivity contribution in [1.82, 2.24) is 9.80 Å². The second-order valence-electron chi connectivity index (χ2n) is 7.93. The number of nitrogens with two attached hydrogens (primary N) is 1. The van der Waals surface area contributed by atoms with Crippen molar-refractivity contribution in [1.29, 1.82) is 0 Å². The number of hydrogen-bond acceptors (Lipinski definition) is 4. The summed E-state index contributed by atoms with van der Waals surface area (Å²) in [5.41, 5.74) is 8.55. The third kappa shape index (κ3) is 3.82. The maximum Gasteiger partial charge on any atom is 0.239 e. The van der Waals surface area contributed by atoms with Gasteiger partial charge in [-0.3, -0.25) is 9.69 Å². The van der Waals surface area contributed by atoms with E-state index in [1.807, 2.05) is 18.7 Å². The Labute approximate surface area is 151 Å². The number of amides is 1. The Bertz CT molecular complexity index is 640. The van der Waals surface area contributed by atoms with Crippen LogP contribution < -0.4 is 10.5 Å². The number of fused-ring (bicyclic) bond motifs is 1. The average Bonchev–Trinajstić information content (AvgIpc) is 3.05. The standard InChI is InChI=1S/C20H31N3O2/c1-5-22(6-2)19(24)17-10-16(21)13-23(17)12-14-7-8-18-15(9-14)11-20(3,4)25-18/h7-9,16-17H,5-6,10-13,21H2,1-4H3/t16-,17+/m1/s1. The number of likely N-dealkylation sites (N-methyl/N-ethyl adjacent to an activating group) is 1. The van der Waals surface area contributed by atoms with Crippen LogP contribution in [0, 0.1) is 0 Å². The van der Waals surface area contributed by atoms with Gasteiger partial charge in [0, 0.05) is 38.6 Å². The van der Waals surface area contributed by atoms with Crippen molar-refractivity contribution in [3.8, 4) is 5.75 Å². The summed E-state index contributed by atoms with van der Waals surface area (Å²) < 4.78 is 5.96. The Morgan fingerprint density at radius 1 is 1.36 bits per heavy atom. The fourth-order valence-corrected chi connectivity index (χ4v) is 4.11. The zero-order chi connectivity index (χ0) is 18.2. The number of nitrogens with zero attached hydrogens (tertiary/aromatic N) is 2. The van der Waals surface area contributed by atoms with E-state index in [1.54, 1.807) is 0 Å². The highest BCUT2D eigenvalue weighted by Gasteiger charge is 2.37. The van der Waals surface area contributed by atoms with Gasteiger partial charge in [-0.2, -0.15) is 0 Å². The lowest BCUT2D eigenvalue weighted by Gasteiger charge is -2.28. The van der Waals surface area contributed by atoms with Gasteiger partial charge < -0.3 is 15.4 Å². The van der Waals surface area contributed by atoms with E-state index in [4.69, 9.17) is 10.5 Å². The third-order valence-electron chi connectivity index (χ3n) is 5.31. The molecule has 25 heavy (non-hydrogen) atoms. The molecular formula is C20H31N3O2. The topological polar surface area (TPSA) is 58.8 Å². The smallest absolute Gasteiger partial charge is 0.239 e. The summed E-state index contributed by atoms with van der Waals surface area (Å²) in [5.74, 6) is 1.20. The molecule has 1 aromatic carbocycles. The molecule has 1 aromatic rings. The van der Waals surface area contributed by atoms with Crippen molar-refractivity contribution in [2.75, 3.05) is 19.6 Å². The first-order chi connectivity index (χ1) is 11.8. The van der Waals surface area contributed by atoms with Gasteiger partial charge in [-0.1, -0.05) is 12.1 Å². The SMILES string of the molecule is CCN(CC)C(=O)[C@@H]1C[C@@H](N)CN1Cc1ccc2c(c1)CC(C)(C)O2. The maximum atomic E-state index is 12.8. The van der Waals surface area contributed by atoms with Crippen molar-refractivity contribution in [2.45, 2.75) is 64.8 Å². The van der Waals surface area contributed by atoms with E-state index in [0.29, 0.717) is 0 Å². The van der Waals surface area contributed by atoms with Gasteiger partial charge in [0.2, 0.25) is 5.91 Å². The van der Waals surface area contributed by atoms with Crippen LogP contribution in [0.3, 0.4) is 0 Å². The van der Waals surface area contributed by atoms with Crippen LogP contribution in [0.5, 0.6) is 5.75 Å². The second-order valence-corrected chi connectivity index (χ2v) is 7.93. The Kier molecular flexibility index (Phi) is 5.07. The normalized spacial score (nSPS) is 24.8. The van der Waals surface area contributed by atoms with Crippen molar-refractivity contribution in [3.05, 3.63) is 29.3 Å². The lowest BCUT2D eigenvalue weighted by molar-refractivity contribution is -0.135.